The summed E-state index contributed by atoms with van der Waals surface area (Å²) < 4.78 is 8.05. The van der Waals surface area contributed by atoms with E-state index in [1.165, 1.54) is 11.1 Å². The molecule has 2 atom stereocenters. The summed E-state index contributed by atoms with van der Waals surface area (Å²) in [7, 11) is 2.00. The molecule has 1 aliphatic rings. The van der Waals surface area contributed by atoms with Gasteiger partial charge in [0.25, 0.3) is 0 Å². The van der Waals surface area contributed by atoms with Crippen molar-refractivity contribution < 1.29 is 9.57 Å². The number of hydrogen-bond donors (Lipinski definition) is 0. The normalized spacial score (nSPS) is 22.5. The summed E-state index contributed by atoms with van der Waals surface area (Å²) in [4.78, 5) is 10.4. The standard InChI is InChI=1S/C22H24ClN3O2/c1-17-3-5-18(6-4-17)22(15-26-12-11-24-16-26)13-21(28-25(22)2)14-27-20-9-7-19(23)8-10-20/h3-12,16,21H,13-15H2,1-2H3. The summed E-state index contributed by atoms with van der Waals surface area (Å²) in [6.07, 6.45) is 6.41. The molecule has 2 heterocycles. The van der Waals surface area contributed by atoms with Gasteiger partial charge in [-0.15, -0.1) is 0 Å². The number of hydrogen-bond acceptors (Lipinski definition) is 4. The van der Waals surface area contributed by atoms with Crippen molar-refractivity contribution in [2.24, 2.45) is 0 Å². The van der Waals surface area contributed by atoms with Crippen LogP contribution in [0.2, 0.25) is 5.02 Å². The molecule has 0 spiro atoms. The minimum Gasteiger partial charge on any atom is -0.491 e. The van der Waals surface area contributed by atoms with E-state index in [9.17, 15) is 0 Å². The van der Waals surface area contributed by atoms with Crippen molar-refractivity contribution in [3.8, 4) is 5.75 Å². The molecule has 1 aromatic heterocycles. The van der Waals surface area contributed by atoms with Crippen molar-refractivity contribution in [2.45, 2.75) is 31.5 Å². The van der Waals surface area contributed by atoms with Gasteiger partial charge < -0.3 is 9.30 Å². The Bertz CT molecular complexity index is 897. The second-order valence-corrected chi connectivity index (χ2v) is 7.76. The summed E-state index contributed by atoms with van der Waals surface area (Å²) in [6.45, 7) is 3.33. The average Bonchev–Trinajstić information content (AvgIpc) is 3.31. The number of benzene rings is 2. The van der Waals surface area contributed by atoms with E-state index in [1.54, 1.807) is 6.20 Å². The van der Waals surface area contributed by atoms with Gasteiger partial charge in [-0.3, -0.25) is 4.84 Å². The van der Waals surface area contributed by atoms with E-state index in [4.69, 9.17) is 21.2 Å². The summed E-state index contributed by atoms with van der Waals surface area (Å²) in [5.41, 5.74) is 2.18. The molecule has 1 saturated heterocycles. The van der Waals surface area contributed by atoms with Gasteiger partial charge in [0.1, 0.15) is 18.5 Å². The lowest BCUT2D eigenvalue weighted by molar-refractivity contribution is -0.179. The van der Waals surface area contributed by atoms with Gasteiger partial charge in [0, 0.05) is 37.4 Å². The SMILES string of the molecule is Cc1ccc(C2(Cn3ccnc3)CC(COc3ccc(Cl)cc3)ON2C)cc1. The Morgan fingerprint density at radius 2 is 1.93 bits per heavy atom. The van der Waals surface area contributed by atoms with Crippen LogP contribution in [0.25, 0.3) is 0 Å². The van der Waals surface area contributed by atoms with Crippen molar-refractivity contribution in [3.05, 3.63) is 83.4 Å². The zero-order chi connectivity index (χ0) is 19.6. The van der Waals surface area contributed by atoms with Gasteiger partial charge in [0.15, 0.2) is 0 Å². The molecule has 3 aromatic rings. The fraction of sp³-hybridized carbons (Fsp3) is 0.318. The molecule has 146 valence electrons. The summed E-state index contributed by atoms with van der Waals surface area (Å²) in [5, 5.41) is 2.68. The first kappa shape index (κ1) is 19.0. The highest BCUT2D eigenvalue weighted by molar-refractivity contribution is 6.30. The first-order valence-electron chi connectivity index (χ1n) is 9.37. The number of halogens is 1. The third-order valence-corrected chi connectivity index (χ3v) is 5.57. The fourth-order valence-electron chi connectivity index (χ4n) is 3.78. The highest BCUT2D eigenvalue weighted by Gasteiger charge is 2.47. The van der Waals surface area contributed by atoms with Gasteiger partial charge in [-0.1, -0.05) is 41.4 Å². The number of imidazole rings is 1. The topological polar surface area (TPSA) is 39.5 Å². The Kier molecular flexibility index (Phi) is 5.40. The zero-order valence-corrected chi connectivity index (χ0v) is 16.8. The molecule has 2 unspecified atom stereocenters. The lowest BCUT2D eigenvalue weighted by Gasteiger charge is -2.35. The number of likely N-dealkylation sites (N-methyl/N-ethyl adjacent to an activating group) is 1. The molecule has 2 aromatic carbocycles. The molecule has 0 bridgehead atoms. The Morgan fingerprint density at radius 3 is 2.61 bits per heavy atom. The summed E-state index contributed by atoms with van der Waals surface area (Å²) in [5.74, 6) is 0.790. The number of nitrogens with zero attached hydrogens (tertiary/aromatic N) is 3. The highest BCUT2D eigenvalue weighted by Crippen LogP contribution is 2.41. The first-order chi connectivity index (χ1) is 13.5. The molecule has 1 fully saturated rings. The second kappa shape index (κ2) is 7.95. The zero-order valence-electron chi connectivity index (χ0n) is 16.1. The van der Waals surface area contributed by atoms with Crippen LogP contribution in [0.5, 0.6) is 5.75 Å². The minimum absolute atomic E-state index is 0.0505. The maximum Gasteiger partial charge on any atom is 0.119 e. The molecule has 1 aliphatic heterocycles. The van der Waals surface area contributed by atoms with Crippen LogP contribution in [-0.4, -0.2) is 34.4 Å². The Labute approximate surface area is 170 Å². The van der Waals surface area contributed by atoms with Crippen molar-refractivity contribution in [3.63, 3.8) is 0 Å². The van der Waals surface area contributed by atoms with Crippen LogP contribution in [0, 0.1) is 6.92 Å². The molecule has 5 nitrogen and oxygen atoms in total. The summed E-state index contributed by atoms with van der Waals surface area (Å²) in [6, 6.07) is 16.1. The number of aryl methyl sites for hydroxylation is 1. The lowest BCUT2D eigenvalue weighted by Crippen LogP contribution is -2.41. The van der Waals surface area contributed by atoms with Crippen molar-refractivity contribution in [2.75, 3.05) is 13.7 Å². The van der Waals surface area contributed by atoms with Crippen LogP contribution < -0.4 is 4.74 Å². The van der Waals surface area contributed by atoms with Gasteiger partial charge >= 0.3 is 0 Å². The Hall–Kier alpha value is -2.34. The maximum absolute atomic E-state index is 6.20. The highest BCUT2D eigenvalue weighted by atomic mass is 35.5. The van der Waals surface area contributed by atoms with Crippen LogP contribution in [0.1, 0.15) is 17.5 Å². The third-order valence-electron chi connectivity index (χ3n) is 5.32. The molecule has 4 rings (SSSR count). The van der Waals surface area contributed by atoms with Crippen molar-refractivity contribution >= 4 is 11.6 Å². The van der Waals surface area contributed by atoms with Crippen LogP contribution in [-0.2, 0) is 16.9 Å². The minimum atomic E-state index is -0.289. The smallest absolute Gasteiger partial charge is 0.119 e. The molecule has 0 saturated carbocycles. The Morgan fingerprint density at radius 1 is 1.18 bits per heavy atom. The van der Waals surface area contributed by atoms with Crippen LogP contribution in [0.3, 0.4) is 0 Å². The molecular formula is C22H24ClN3O2. The molecule has 0 radical (unpaired) electrons. The van der Waals surface area contributed by atoms with Crippen molar-refractivity contribution in [1.82, 2.24) is 14.6 Å². The maximum atomic E-state index is 6.20. The van der Waals surface area contributed by atoms with Gasteiger partial charge in [-0.25, -0.2) is 4.98 Å². The van der Waals surface area contributed by atoms with E-state index in [1.807, 2.05) is 48.9 Å². The number of ether oxygens (including phenoxy) is 1. The fourth-order valence-corrected chi connectivity index (χ4v) is 3.90. The molecule has 0 aliphatic carbocycles. The molecular weight excluding hydrogens is 374 g/mol. The number of aromatic nitrogens is 2. The molecule has 0 amide bonds. The van der Waals surface area contributed by atoms with Crippen molar-refractivity contribution in [1.29, 1.82) is 0 Å². The predicted octanol–water partition coefficient (Wildman–Crippen LogP) is 4.46. The Balaban J connectivity index is 1.55. The number of rotatable bonds is 6. The molecule has 0 N–H and O–H groups in total. The largest absolute Gasteiger partial charge is 0.491 e. The number of hydroxylamine groups is 2. The molecule has 28 heavy (non-hydrogen) atoms. The van der Waals surface area contributed by atoms with Gasteiger partial charge in [0.05, 0.1) is 11.9 Å². The quantitative estimate of drug-likeness (QED) is 0.615. The van der Waals surface area contributed by atoms with Gasteiger partial charge in [0.2, 0.25) is 0 Å². The summed E-state index contributed by atoms with van der Waals surface area (Å²) >= 11 is 5.95. The van der Waals surface area contributed by atoms with Crippen LogP contribution in [0.15, 0.2) is 67.3 Å². The van der Waals surface area contributed by atoms with E-state index < -0.39 is 0 Å². The third kappa shape index (κ3) is 3.92. The van der Waals surface area contributed by atoms with Crippen LogP contribution >= 0.6 is 11.6 Å². The van der Waals surface area contributed by atoms with E-state index >= 15 is 0 Å². The monoisotopic (exact) mass is 397 g/mol. The second-order valence-electron chi connectivity index (χ2n) is 7.33. The van der Waals surface area contributed by atoms with Crippen LogP contribution in [0.4, 0.5) is 0 Å². The van der Waals surface area contributed by atoms with E-state index in [-0.39, 0.29) is 11.6 Å². The first-order valence-corrected chi connectivity index (χ1v) is 9.75. The predicted molar refractivity (Wildman–Crippen MR) is 109 cm³/mol. The average molecular weight is 398 g/mol. The molecule has 6 heteroatoms. The van der Waals surface area contributed by atoms with E-state index in [0.717, 1.165) is 18.7 Å². The van der Waals surface area contributed by atoms with Gasteiger partial charge in [-0.05, 0) is 36.8 Å². The van der Waals surface area contributed by atoms with E-state index in [2.05, 4.69) is 40.7 Å². The van der Waals surface area contributed by atoms with E-state index in [0.29, 0.717) is 11.6 Å². The van der Waals surface area contributed by atoms with Gasteiger partial charge in [-0.2, -0.15) is 5.06 Å². The lowest BCUT2D eigenvalue weighted by atomic mass is 9.84.